The van der Waals surface area contributed by atoms with Crippen LogP contribution in [0.15, 0.2) is 79.1 Å². The molecule has 18 nitrogen and oxygen atoms in total. The summed E-state index contributed by atoms with van der Waals surface area (Å²) in [5.41, 5.74) is 7.10. The number of aromatic nitrogens is 5. The van der Waals surface area contributed by atoms with Crippen molar-refractivity contribution in [3.8, 4) is 45.3 Å². The molecular weight excluding hydrogens is 895 g/mol. The van der Waals surface area contributed by atoms with Crippen molar-refractivity contribution in [1.29, 1.82) is 0 Å². The highest BCUT2D eigenvalue weighted by atomic mass is 16.5. The zero-order chi connectivity index (χ0) is 49.2. The van der Waals surface area contributed by atoms with E-state index in [0.29, 0.717) is 49.5 Å². The van der Waals surface area contributed by atoms with Crippen LogP contribution < -0.4 is 20.1 Å². The third kappa shape index (κ3) is 9.39. The van der Waals surface area contributed by atoms with E-state index in [1.54, 1.807) is 18.2 Å². The molecule has 6 heterocycles. The molecule has 5 atom stereocenters. The Morgan fingerprint density at radius 3 is 1.89 bits per heavy atom. The molecule has 0 spiro atoms. The number of benzene rings is 3. The van der Waals surface area contributed by atoms with Crippen LogP contribution in [-0.4, -0.2) is 118 Å². The SMILES string of the molecule is COCCOc1cccc(C2Oc3cc(-c4cnc([C@@H]5CCCN5C(=O)[C@@H](NC(=O)OC)C(C)C)[nH]4)ccc3-c3cc4cc(-c5cnc([C@@H]6CCCN6C(=O)[C@@H](NC(=O)OC)C(C)C)[nH]5)ccc4n32)c1. The zero-order valence-corrected chi connectivity index (χ0v) is 40.6. The van der Waals surface area contributed by atoms with Crippen molar-refractivity contribution in [2.45, 2.75) is 83.8 Å². The quantitative estimate of drug-likeness (QED) is 0.0723. The first kappa shape index (κ1) is 47.7. The van der Waals surface area contributed by atoms with Crippen LogP contribution in [0, 0.1) is 11.8 Å². The molecule has 368 valence electrons. The van der Waals surface area contributed by atoms with Crippen molar-refractivity contribution in [3.05, 3.63) is 96.3 Å². The molecule has 0 saturated carbocycles. The van der Waals surface area contributed by atoms with Crippen molar-refractivity contribution in [3.63, 3.8) is 0 Å². The van der Waals surface area contributed by atoms with E-state index in [0.717, 1.165) is 75.9 Å². The second kappa shape index (κ2) is 20.3. The number of nitrogens with one attached hydrogen (secondary N) is 4. The highest BCUT2D eigenvalue weighted by Gasteiger charge is 2.39. The fourth-order valence-corrected chi connectivity index (χ4v) is 9.94. The zero-order valence-electron chi connectivity index (χ0n) is 40.6. The van der Waals surface area contributed by atoms with Crippen molar-refractivity contribution in [2.24, 2.45) is 11.8 Å². The Morgan fingerprint density at radius 2 is 1.31 bits per heavy atom. The second-order valence-electron chi connectivity index (χ2n) is 18.7. The molecule has 4 N–H and O–H groups in total. The lowest BCUT2D eigenvalue weighted by atomic mass is 10.0. The summed E-state index contributed by atoms with van der Waals surface area (Å²) in [4.78, 5) is 72.2. The largest absolute Gasteiger partial charge is 0.491 e. The number of alkyl carbamates (subject to hydrolysis) is 2. The number of carbonyl (C=O) groups excluding carboxylic acids is 4. The van der Waals surface area contributed by atoms with Gasteiger partial charge in [0.25, 0.3) is 0 Å². The minimum absolute atomic E-state index is 0.140. The van der Waals surface area contributed by atoms with Gasteiger partial charge in [-0.3, -0.25) is 9.59 Å². The molecule has 3 aromatic carbocycles. The Hall–Kier alpha value is -7.34. The van der Waals surface area contributed by atoms with Crippen LogP contribution in [0.4, 0.5) is 9.59 Å². The Kier molecular flexibility index (Phi) is 13.9. The van der Waals surface area contributed by atoms with Crippen LogP contribution in [0.25, 0.3) is 44.7 Å². The first-order chi connectivity index (χ1) is 33.9. The van der Waals surface area contributed by atoms with Crippen LogP contribution in [0.1, 0.15) is 88.9 Å². The summed E-state index contributed by atoms with van der Waals surface area (Å²) in [6, 6.07) is 20.5. The van der Waals surface area contributed by atoms with E-state index in [1.165, 1.54) is 14.2 Å². The molecule has 3 aliphatic rings. The Labute approximate surface area is 406 Å². The molecule has 3 aromatic heterocycles. The summed E-state index contributed by atoms with van der Waals surface area (Å²) < 4.78 is 30.2. The Bertz CT molecular complexity index is 2890. The van der Waals surface area contributed by atoms with Crippen LogP contribution >= 0.6 is 0 Å². The van der Waals surface area contributed by atoms with E-state index in [4.69, 9.17) is 33.7 Å². The van der Waals surface area contributed by atoms with Gasteiger partial charge in [-0.1, -0.05) is 52.0 Å². The van der Waals surface area contributed by atoms with E-state index in [9.17, 15) is 19.2 Å². The number of imidazole rings is 2. The second-order valence-corrected chi connectivity index (χ2v) is 18.7. The molecule has 18 heteroatoms. The summed E-state index contributed by atoms with van der Waals surface area (Å²) in [6.07, 6.45) is 4.84. The highest BCUT2D eigenvalue weighted by Crippen LogP contribution is 2.47. The normalized spacial score (nSPS) is 18.3. The number of rotatable bonds is 15. The van der Waals surface area contributed by atoms with Crippen LogP contribution in [-0.2, 0) is 23.8 Å². The van der Waals surface area contributed by atoms with Crippen molar-refractivity contribution in [1.82, 2.24) is 44.9 Å². The summed E-state index contributed by atoms with van der Waals surface area (Å²) >= 11 is 0. The molecule has 0 radical (unpaired) electrons. The maximum Gasteiger partial charge on any atom is 0.407 e. The predicted octanol–water partition coefficient (Wildman–Crippen LogP) is 8.14. The molecule has 0 bridgehead atoms. The van der Waals surface area contributed by atoms with Gasteiger partial charge in [-0.15, -0.1) is 0 Å². The van der Waals surface area contributed by atoms with Gasteiger partial charge < -0.3 is 58.7 Å². The highest BCUT2D eigenvalue weighted by molar-refractivity contribution is 5.93. The minimum atomic E-state index is -0.735. The smallest absolute Gasteiger partial charge is 0.407 e. The molecule has 2 saturated heterocycles. The van der Waals surface area contributed by atoms with Gasteiger partial charge in [0.05, 0.1) is 67.9 Å². The third-order valence-corrected chi connectivity index (χ3v) is 13.6. The average Bonchev–Trinajstić information content (AvgIpc) is 4.23. The van der Waals surface area contributed by atoms with E-state index < -0.39 is 30.5 Å². The fourth-order valence-electron chi connectivity index (χ4n) is 9.94. The van der Waals surface area contributed by atoms with Crippen molar-refractivity contribution >= 4 is 34.9 Å². The number of amides is 4. The molecule has 9 rings (SSSR count). The van der Waals surface area contributed by atoms with Gasteiger partial charge in [-0.25, -0.2) is 19.6 Å². The number of methoxy groups -OCH3 is 3. The summed E-state index contributed by atoms with van der Waals surface area (Å²) in [5.74, 6) is 2.12. The number of H-pyrrole nitrogens is 2. The number of nitrogens with zero attached hydrogens (tertiary/aromatic N) is 5. The van der Waals surface area contributed by atoms with E-state index >= 15 is 0 Å². The van der Waals surface area contributed by atoms with Gasteiger partial charge in [0.15, 0.2) is 0 Å². The van der Waals surface area contributed by atoms with Gasteiger partial charge in [-0.05, 0) is 80.0 Å². The number of hydrogen-bond acceptors (Lipinski definition) is 11. The van der Waals surface area contributed by atoms with Crippen LogP contribution in [0.3, 0.4) is 0 Å². The van der Waals surface area contributed by atoms with Crippen LogP contribution in [0.2, 0.25) is 0 Å². The third-order valence-electron chi connectivity index (χ3n) is 13.6. The fraction of sp³-hybridized carbons (Fsp3) is 0.423. The lowest BCUT2D eigenvalue weighted by Crippen LogP contribution is -2.51. The molecule has 4 amide bonds. The lowest BCUT2D eigenvalue weighted by Gasteiger charge is -2.31. The molecular formula is C52H61N9O9. The topological polar surface area (TPSA) is 207 Å². The summed E-state index contributed by atoms with van der Waals surface area (Å²) in [7, 11) is 4.22. The maximum atomic E-state index is 13.9. The van der Waals surface area contributed by atoms with Gasteiger partial charge in [0, 0.05) is 47.8 Å². The molecule has 1 unspecified atom stereocenters. The van der Waals surface area contributed by atoms with Crippen molar-refractivity contribution < 1.29 is 42.9 Å². The van der Waals surface area contributed by atoms with E-state index in [1.807, 2.05) is 75.2 Å². The number of hydrogen-bond donors (Lipinski definition) is 4. The molecule has 2 fully saturated rings. The summed E-state index contributed by atoms with van der Waals surface area (Å²) in [6.45, 7) is 9.55. The van der Waals surface area contributed by atoms with Crippen LogP contribution in [0.5, 0.6) is 11.5 Å². The lowest BCUT2D eigenvalue weighted by molar-refractivity contribution is -0.136. The van der Waals surface area contributed by atoms with E-state index in [2.05, 4.69) is 55.5 Å². The molecule has 70 heavy (non-hydrogen) atoms. The van der Waals surface area contributed by atoms with Gasteiger partial charge in [-0.2, -0.15) is 0 Å². The number of ether oxygens (including phenoxy) is 5. The predicted molar refractivity (Wildman–Crippen MR) is 261 cm³/mol. The standard InChI is InChI=1S/C52H61N9O9/c1-29(2)44(57-51(64)67-6)48(62)59-19-9-13-40(59)46-53-27-37(55-46)31-16-18-39-34(23-31)25-42-36-17-15-32(26-43(36)70-50(61(39)42)33-11-8-12-35(24-33)69-22-21-66-5)38-28-54-47(56-38)41-14-10-20-60(41)49(63)45(30(3)4)58-52(65)68-7/h8,11-12,15-18,23-30,40-41,44-45,50H,9-10,13-14,19-22H2,1-7H3,(H,53,55)(H,54,56)(H,57,64)(H,58,65)/t40-,41-,44-,45-,50?/m0/s1. The molecule has 3 aliphatic heterocycles. The van der Waals surface area contributed by atoms with Gasteiger partial charge in [0.2, 0.25) is 18.0 Å². The summed E-state index contributed by atoms with van der Waals surface area (Å²) in [5, 5.41) is 6.43. The monoisotopic (exact) mass is 955 g/mol. The van der Waals surface area contributed by atoms with Crippen molar-refractivity contribution in [2.75, 3.05) is 47.6 Å². The first-order valence-electron chi connectivity index (χ1n) is 24.0. The molecule has 6 aromatic rings. The number of likely N-dealkylation sites (tertiary alicyclic amines) is 2. The molecule has 0 aliphatic carbocycles. The van der Waals surface area contributed by atoms with Gasteiger partial charge in [0.1, 0.15) is 41.8 Å². The van der Waals surface area contributed by atoms with Gasteiger partial charge >= 0.3 is 12.2 Å². The maximum absolute atomic E-state index is 13.9. The average molecular weight is 956 g/mol. The minimum Gasteiger partial charge on any atom is -0.491 e. The Morgan fingerprint density at radius 1 is 0.729 bits per heavy atom. The number of aromatic amines is 2. The Balaban J connectivity index is 1.03. The first-order valence-corrected chi connectivity index (χ1v) is 24.0. The number of carbonyl (C=O) groups is 4. The number of fused-ring (bicyclic) bond motifs is 5. The van der Waals surface area contributed by atoms with E-state index in [-0.39, 0.29) is 35.7 Å².